The molecule has 0 saturated carbocycles. The van der Waals surface area contributed by atoms with Gasteiger partial charge in [0.05, 0.1) is 0 Å². The molecule has 0 aliphatic heterocycles. The molecule has 4 rings (SSSR count). The van der Waals surface area contributed by atoms with Crippen LogP contribution in [-0.4, -0.2) is 0 Å². The number of hydrogen-bond acceptors (Lipinski definition) is 1. The molecule has 4 aromatic rings. The van der Waals surface area contributed by atoms with E-state index in [0.717, 1.165) is 28.9 Å². The van der Waals surface area contributed by atoms with Crippen LogP contribution in [0, 0.1) is 5.82 Å². The Labute approximate surface area is 189 Å². The summed E-state index contributed by atoms with van der Waals surface area (Å²) in [6.07, 6.45) is 5.01. The summed E-state index contributed by atoms with van der Waals surface area (Å²) in [5, 5.41) is 0. The van der Waals surface area contributed by atoms with Crippen molar-refractivity contribution in [1.29, 1.82) is 0 Å². The van der Waals surface area contributed by atoms with Crippen LogP contribution in [-0.2, 0) is 13.0 Å². The van der Waals surface area contributed by atoms with Gasteiger partial charge in [-0.25, -0.2) is 4.39 Å². The van der Waals surface area contributed by atoms with Crippen molar-refractivity contribution in [1.82, 2.24) is 0 Å². The van der Waals surface area contributed by atoms with Gasteiger partial charge in [0.2, 0.25) is 0 Å². The van der Waals surface area contributed by atoms with E-state index in [9.17, 15) is 4.39 Å². The fourth-order valence-corrected chi connectivity index (χ4v) is 3.63. The highest BCUT2D eigenvalue weighted by molar-refractivity contribution is 5.69. The molecule has 160 valence electrons. The first-order valence-electron chi connectivity index (χ1n) is 10.9. The van der Waals surface area contributed by atoms with Crippen molar-refractivity contribution in [2.24, 2.45) is 0 Å². The van der Waals surface area contributed by atoms with Crippen LogP contribution < -0.4 is 4.74 Å². The van der Waals surface area contributed by atoms with Gasteiger partial charge in [0, 0.05) is 0 Å². The fourth-order valence-electron chi connectivity index (χ4n) is 3.63. The lowest BCUT2D eigenvalue weighted by atomic mass is 9.94. The van der Waals surface area contributed by atoms with Crippen molar-refractivity contribution < 1.29 is 9.13 Å². The molecule has 1 nitrogen and oxygen atoms in total. The molecule has 1 atom stereocenters. The Kier molecular flexibility index (Phi) is 7.14. The van der Waals surface area contributed by atoms with E-state index < -0.39 is 0 Å². The monoisotopic (exact) mass is 422 g/mol. The first-order chi connectivity index (χ1) is 15.7. The van der Waals surface area contributed by atoms with Crippen LogP contribution in [0.15, 0.2) is 103 Å². The largest absolute Gasteiger partial charge is 0.489 e. The molecule has 0 aliphatic rings. The highest BCUT2D eigenvalue weighted by Crippen LogP contribution is 2.22. The molecule has 0 radical (unpaired) electrons. The highest BCUT2D eigenvalue weighted by Gasteiger charge is 2.06. The molecule has 4 aromatic carbocycles. The zero-order valence-corrected chi connectivity index (χ0v) is 18.2. The summed E-state index contributed by atoms with van der Waals surface area (Å²) in [4.78, 5) is 0. The van der Waals surface area contributed by atoms with E-state index in [-0.39, 0.29) is 5.82 Å². The van der Waals surface area contributed by atoms with Crippen LogP contribution in [0.3, 0.4) is 0 Å². The second-order valence-electron chi connectivity index (χ2n) is 8.07. The highest BCUT2D eigenvalue weighted by atomic mass is 19.1. The maximum absolute atomic E-state index is 13.0. The predicted molar refractivity (Wildman–Crippen MR) is 131 cm³/mol. The minimum atomic E-state index is -0.220. The van der Waals surface area contributed by atoms with Gasteiger partial charge < -0.3 is 4.74 Å². The third-order valence-corrected chi connectivity index (χ3v) is 5.56. The molecule has 0 amide bonds. The van der Waals surface area contributed by atoms with E-state index in [2.05, 4.69) is 73.7 Å². The SMILES string of the molecule is C[C@H](Cc1ccc(OCc2ccc(C=Cc3ccc(F)cc3)cc2)cc1)c1ccccc1. The molecule has 0 N–H and O–H groups in total. The molecular formula is C30H27FO. The van der Waals surface area contributed by atoms with Crippen molar-refractivity contribution in [3.8, 4) is 5.75 Å². The molecule has 0 saturated heterocycles. The minimum absolute atomic E-state index is 0.220. The minimum Gasteiger partial charge on any atom is -0.489 e. The fraction of sp³-hybridized carbons (Fsp3) is 0.133. The molecule has 0 unspecified atom stereocenters. The number of ether oxygens (including phenoxy) is 1. The molecular weight excluding hydrogens is 395 g/mol. The van der Waals surface area contributed by atoms with Crippen molar-refractivity contribution in [2.45, 2.75) is 25.9 Å². The van der Waals surface area contributed by atoms with Gasteiger partial charge in [-0.3, -0.25) is 0 Å². The van der Waals surface area contributed by atoms with Crippen LogP contribution >= 0.6 is 0 Å². The van der Waals surface area contributed by atoms with Crippen molar-refractivity contribution >= 4 is 12.2 Å². The van der Waals surface area contributed by atoms with Crippen molar-refractivity contribution in [2.75, 3.05) is 0 Å². The van der Waals surface area contributed by atoms with E-state index in [1.807, 2.05) is 24.3 Å². The third kappa shape index (κ3) is 6.18. The topological polar surface area (TPSA) is 9.23 Å². The molecule has 0 spiro atoms. The van der Waals surface area contributed by atoms with Crippen molar-refractivity contribution in [3.63, 3.8) is 0 Å². The molecule has 2 heteroatoms. The number of rotatable bonds is 8. The Morgan fingerprint density at radius 2 is 1.25 bits per heavy atom. The lowest BCUT2D eigenvalue weighted by molar-refractivity contribution is 0.306. The lowest BCUT2D eigenvalue weighted by Gasteiger charge is -2.13. The van der Waals surface area contributed by atoms with E-state index in [0.29, 0.717) is 12.5 Å². The number of benzene rings is 4. The van der Waals surface area contributed by atoms with Gasteiger partial charge in [0.15, 0.2) is 0 Å². The molecule has 0 fully saturated rings. The van der Waals surface area contributed by atoms with Crippen LogP contribution in [0.2, 0.25) is 0 Å². The summed E-state index contributed by atoms with van der Waals surface area (Å²) in [5.74, 6) is 1.14. The maximum atomic E-state index is 13.0. The Morgan fingerprint density at radius 1 is 0.688 bits per heavy atom. The zero-order valence-electron chi connectivity index (χ0n) is 18.2. The summed E-state index contributed by atoms with van der Waals surface area (Å²) in [6.45, 7) is 2.79. The standard InChI is InChI=1S/C30H27FO/c1-23(28-5-3-2-4-6-28)21-26-15-19-30(20-16-26)32-22-27-11-9-24(10-12-27)7-8-25-13-17-29(31)18-14-25/h2-20,23H,21-22H2,1H3/t23-/m1/s1. The van der Waals surface area contributed by atoms with Gasteiger partial charge >= 0.3 is 0 Å². The molecule has 32 heavy (non-hydrogen) atoms. The van der Waals surface area contributed by atoms with E-state index in [1.165, 1.54) is 23.3 Å². The molecule has 0 bridgehead atoms. The van der Waals surface area contributed by atoms with Gasteiger partial charge in [-0.2, -0.15) is 0 Å². The molecule has 0 heterocycles. The lowest BCUT2D eigenvalue weighted by Crippen LogP contribution is -1.99. The normalized spacial score (nSPS) is 12.1. The zero-order chi connectivity index (χ0) is 22.2. The Morgan fingerprint density at radius 3 is 1.88 bits per heavy atom. The molecule has 0 aromatic heterocycles. The van der Waals surface area contributed by atoms with Gasteiger partial charge in [0.1, 0.15) is 18.2 Å². The second-order valence-corrected chi connectivity index (χ2v) is 8.07. The number of halogens is 1. The Balaban J connectivity index is 1.28. The van der Waals surface area contributed by atoms with Crippen LogP contribution in [0.5, 0.6) is 5.75 Å². The van der Waals surface area contributed by atoms with Crippen LogP contribution in [0.4, 0.5) is 4.39 Å². The van der Waals surface area contributed by atoms with E-state index >= 15 is 0 Å². The van der Waals surface area contributed by atoms with Crippen LogP contribution in [0.1, 0.15) is 40.7 Å². The quantitative estimate of drug-likeness (QED) is 0.262. The van der Waals surface area contributed by atoms with Crippen LogP contribution in [0.25, 0.3) is 12.2 Å². The summed E-state index contributed by atoms with van der Waals surface area (Å²) >= 11 is 0. The summed E-state index contributed by atoms with van der Waals surface area (Å²) in [7, 11) is 0. The third-order valence-electron chi connectivity index (χ3n) is 5.56. The Bertz CT molecular complexity index is 1130. The summed E-state index contributed by atoms with van der Waals surface area (Å²) < 4.78 is 19.0. The summed E-state index contributed by atoms with van der Waals surface area (Å²) in [6, 6.07) is 33.7. The summed E-state index contributed by atoms with van der Waals surface area (Å²) in [5.41, 5.74) is 5.86. The predicted octanol–water partition coefficient (Wildman–Crippen LogP) is 7.92. The number of hydrogen-bond donors (Lipinski definition) is 0. The van der Waals surface area contributed by atoms with Crippen molar-refractivity contribution in [3.05, 3.63) is 137 Å². The average Bonchev–Trinajstić information content (AvgIpc) is 2.84. The first kappa shape index (κ1) is 21.6. The average molecular weight is 423 g/mol. The van der Waals surface area contributed by atoms with E-state index in [1.54, 1.807) is 12.1 Å². The van der Waals surface area contributed by atoms with Gasteiger partial charge in [0.25, 0.3) is 0 Å². The maximum Gasteiger partial charge on any atom is 0.123 e. The Hall–Kier alpha value is -3.65. The molecule has 0 aliphatic carbocycles. The van der Waals surface area contributed by atoms with Gasteiger partial charge in [-0.15, -0.1) is 0 Å². The smallest absolute Gasteiger partial charge is 0.123 e. The second kappa shape index (κ2) is 10.6. The van der Waals surface area contributed by atoms with Gasteiger partial charge in [-0.05, 0) is 64.4 Å². The van der Waals surface area contributed by atoms with E-state index in [4.69, 9.17) is 4.74 Å². The first-order valence-corrected chi connectivity index (χ1v) is 10.9. The van der Waals surface area contributed by atoms with Gasteiger partial charge in [-0.1, -0.05) is 97.9 Å².